The van der Waals surface area contributed by atoms with E-state index in [1.54, 1.807) is 32.9 Å². The SMILES string of the molecule is CC(NC(=O)OC(C)(C)C)c1nc2cccc(Cl)c2c(=O)n1-c1cc(F)cc(C(F)F)c1. The van der Waals surface area contributed by atoms with Gasteiger partial charge in [0.2, 0.25) is 0 Å². The van der Waals surface area contributed by atoms with Gasteiger partial charge in [-0.3, -0.25) is 9.36 Å². The van der Waals surface area contributed by atoms with E-state index in [1.807, 2.05) is 0 Å². The van der Waals surface area contributed by atoms with Gasteiger partial charge >= 0.3 is 6.09 Å². The predicted molar refractivity (Wildman–Crippen MR) is 115 cm³/mol. The summed E-state index contributed by atoms with van der Waals surface area (Å²) in [6.07, 6.45) is -3.73. The number of carbonyl (C=O) groups excluding carboxylic acids is 1. The van der Waals surface area contributed by atoms with E-state index in [9.17, 15) is 22.8 Å². The topological polar surface area (TPSA) is 73.2 Å². The lowest BCUT2D eigenvalue weighted by Crippen LogP contribution is -2.37. The minimum absolute atomic E-state index is 0.0126. The third kappa shape index (κ3) is 5.04. The molecule has 0 aliphatic rings. The second-order valence-corrected chi connectivity index (χ2v) is 8.56. The molecule has 0 bridgehead atoms. The largest absolute Gasteiger partial charge is 0.444 e. The van der Waals surface area contributed by atoms with Crippen molar-refractivity contribution in [3.8, 4) is 5.69 Å². The van der Waals surface area contributed by atoms with Crippen LogP contribution in [0.5, 0.6) is 0 Å². The summed E-state index contributed by atoms with van der Waals surface area (Å²) in [6, 6.07) is 6.32. The van der Waals surface area contributed by atoms with Gasteiger partial charge in [-0.25, -0.2) is 22.9 Å². The lowest BCUT2D eigenvalue weighted by atomic mass is 10.1. The van der Waals surface area contributed by atoms with E-state index in [1.165, 1.54) is 13.0 Å². The van der Waals surface area contributed by atoms with Crippen molar-refractivity contribution in [3.63, 3.8) is 0 Å². The number of rotatable bonds is 4. The number of ether oxygens (including phenoxy) is 1. The Balaban J connectivity index is 2.24. The molecule has 0 saturated carbocycles. The first-order valence-corrected chi connectivity index (χ1v) is 10.0. The Morgan fingerprint density at radius 2 is 1.91 bits per heavy atom. The van der Waals surface area contributed by atoms with Crippen molar-refractivity contribution in [1.82, 2.24) is 14.9 Å². The molecule has 1 heterocycles. The zero-order valence-corrected chi connectivity index (χ0v) is 18.5. The third-order valence-corrected chi connectivity index (χ3v) is 4.72. The average molecular weight is 468 g/mol. The summed E-state index contributed by atoms with van der Waals surface area (Å²) in [5.74, 6) is -0.968. The summed E-state index contributed by atoms with van der Waals surface area (Å²) < 4.78 is 46.9. The van der Waals surface area contributed by atoms with Crippen molar-refractivity contribution in [2.75, 3.05) is 0 Å². The maximum atomic E-state index is 14.1. The monoisotopic (exact) mass is 467 g/mol. The molecule has 1 atom stereocenters. The molecule has 0 spiro atoms. The smallest absolute Gasteiger partial charge is 0.408 e. The van der Waals surface area contributed by atoms with Gasteiger partial charge < -0.3 is 10.1 Å². The molecule has 0 aliphatic heterocycles. The lowest BCUT2D eigenvalue weighted by molar-refractivity contribution is 0.0505. The van der Waals surface area contributed by atoms with E-state index >= 15 is 0 Å². The van der Waals surface area contributed by atoms with Gasteiger partial charge in [0.05, 0.1) is 27.7 Å². The summed E-state index contributed by atoms with van der Waals surface area (Å²) in [6.45, 7) is 6.58. The van der Waals surface area contributed by atoms with Crippen LogP contribution in [-0.4, -0.2) is 21.2 Å². The standard InChI is InChI=1S/C22H21ClF3N3O3/c1-11(27-21(31)32-22(2,3)4)19-28-16-7-5-6-15(23)17(16)20(30)29(19)14-9-12(18(25)26)8-13(24)10-14/h5-11,18H,1-4H3,(H,27,31). The molecule has 170 valence electrons. The average Bonchev–Trinajstić information content (AvgIpc) is 2.65. The molecule has 0 aliphatic carbocycles. The molecule has 0 fully saturated rings. The van der Waals surface area contributed by atoms with Gasteiger partial charge in [0.15, 0.2) is 0 Å². The first-order valence-electron chi connectivity index (χ1n) is 9.67. The fraction of sp³-hybridized carbons (Fsp3) is 0.318. The molecule has 3 aromatic rings. The number of halogens is 4. The highest BCUT2D eigenvalue weighted by Crippen LogP contribution is 2.26. The van der Waals surface area contributed by atoms with Gasteiger partial charge in [-0.2, -0.15) is 0 Å². The molecule has 1 unspecified atom stereocenters. The Morgan fingerprint density at radius 3 is 2.53 bits per heavy atom. The van der Waals surface area contributed by atoms with Crippen molar-refractivity contribution >= 4 is 28.6 Å². The lowest BCUT2D eigenvalue weighted by Gasteiger charge is -2.23. The molecule has 6 nitrogen and oxygen atoms in total. The molecule has 1 aromatic heterocycles. The number of amides is 1. The van der Waals surface area contributed by atoms with E-state index < -0.39 is 41.1 Å². The van der Waals surface area contributed by atoms with Crippen LogP contribution in [0, 0.1) is 5.82 Å². The van der Waals surface area contributed by atoms with Crippen LogP contribution >= 0.6 is 11.6 Å². The van der Waals surface area contributed by atoms with Gasteiger partial charge in [-0.05, 0) is 58.0 Å². The molecular weight excluding hydrogens is 447 g/mol. The molecule has 32 heavy (non-hydrogen) atoms. The van der Waals surface area contributed by atoms with Crippen molar-refractivity contribution in [3.05, 3.63) is 69.0 Å². The van der Waals surface area contributed by atoms with Crippen molar-refractivity contribution in [2.24, 2.45) is 0 Å². The van der Waals surface area contributed by atoms with E-state index in [0.29, 0.717) is 6.07 Å². The number of hydrogen-bond acceptors (Lipinski definition) is 4. The maximum Gasteiger partial charge on any atom is 0.408 e. The Hall–Kier alpha value is -3.07. The first-order chi connectivity index (χ1) is 14.9. The zero-order chi connectivity index (χ0) is 23.8. The number of benzene rings is 2. The van der Waals surface area contributed by atoms with Gasteiger partial charge in [-0.1, -0.05) is 17.7 Å². The maximum absolute atomic E-state index is 14.1. The molecule has 0 radical (unpaired) electrons. The van der Waals surface area contributed by atoms with Gasteiger partial charge in [0, 0.05) is 5.56 Å². The minimum atomic E-state index is -2.96. The fourth-order valence-corrected chi connectivity index (χ4v) is 3.40. The first kappa shape index (κ1) is 23.6. The Morgan fingerprint density at radius 1 is 1.22 bits per heavy atom. The van der Waals surface area contributed by atoms with Crippen LogP contribution in [0.2, 0.25) is 5.02 Å². The number of hydrogen-bond donors (Lipinski definition) is 1. The zero-order valence-electron chi connectivity index (χ0n) is 17.7. The highest BCUT2D eigenvalue weighted by Gasteiger charge is 2.24. The normalized spacial score (nSPS) is 12.8. The summed E-state index contributed by atoms with van der Waals surface area (Å²) in [5.41, 5.74) is -2.02. The van der Waals surface area contributed by atoms with Crippen LogP contribution in [0.25, 0.3) is 16.6 Å². The molecule has 0 saturated heterocycles. The quantitative estimate of drug-likeness (QED) is 0.534. The van der Waals surface area contributed by atoms with Gasteiger partial charge in [0.25, 0.3) is 12.0 Å². The second kappa shape index (κ2) is 8.82. The van der Waals surface area contributed by atoms with Crippen molar-refractivity contribution < 1.29 is 22.7 Å². The summed E-state index contributed by atoms with van der Waals surface area (Å²) in [7, 11) is 0. The molecule has 10 heteroatoms. The highest BCUT2D eigenvalue weighted by molar-refractivity contribution is 6.35. The number of aromatic nitrogens is 2. The van der Waals surface area contributed by atoms with Crippen LogP contribution in [-0.2, 0) is 4.74 Å². The van der Waals surface area contributed by atoms with E-state index in [0.717, 1.165) is 16.7 Å². The Labute approximate surface area is 187 Å². The number of nitrogens with zero attached hydrogens (tertiary/aromatic N) is 2. The number of nitrogens with one attached hydrogen (secondary N) is 1. The van der Waals surface area contributed by atoms with E-state index in [2.05, 4.69) is 10.3 Å². The van der Waals surface area contributed by atoms with Crippen molar-refractivity contribution in [1.29, 1.82) is 0 Å². The summed E-state index contributed by atoms with van der Waals surface area (Å²) in [5, 5.41) is 2.69. The fourth-order valence-electron chi connectivity index (χ4n) is 3.15. The number of alkyl halides is 2. The molecule has 3 rings (SSSR count). The number of alkyl carbamates (subject to hydrolysis) is 1. The van der Waals surface area contributed by atoms with Crippen LogP contribution < -0.4 is 10.9 Å². The highest BCUT2D eigenvalue weighted by atomic mass is 35.5. The molecule has 2 aromatic carbocycles. The van der Waals surface area contributed by atoms with Crippen LogP contribution in [0.15, 0.2) is 41.2 Å². The molecular formula is C22H21ClF3N3O3. The Bertz CT molecular complexity index is 1240. The summed E-state index contributed by atoms with van der Waals surface area (Å²) >= 11 is 6.19. The van der Waals surface area contributed by atoms with Crippen molar-refractivity contribution in [2.45, 2.75) is 45.8 Å². The predicted octanol–water partition coefficient (Wildman–Crippen LogP) is 5.70. The van der Waals surface area contributed by atoms with Gasteiger partial charge in [0.1, 0.15) is 17.2 Å². The van der Waals surface area contributed by atoms with Gasteiger partial charge in [-0.15, -0.1) is 0 Å². The van der Waals surface area contributed by atoms with E-state index in [4.69, 9.17) is 16.3 Å². The second-order valence-electron chi connectivity index (χ2n) is 8.16. The summed E-state index contributed by atoms with van der Waals surface area (Å²) in [4.78, 5) is 30.1. The Kier molecular flexibility index (Phi) is 6.50. The minimum Gasteiger partial charge on any atom is -0.444 e. The number of fused-ring (bicyclic) bond motifs is 1. The molecule has 1 N–H and O–H groups in total. The van der Waals surface area contributed by atoms with E-state index in [-0.39, 0.29) is 27.4 Å². The van der Waals surface area contributed by atoms with Crippen LogP contribution in [0.3, 0.4) is 0 Å². The third-order valence-electron chi connectivity index (χ3n) is 4.41. The molecule has 1 amide bonds. The number of carbonyl (C=O) groups is 1. The van der Waals surface area contributed by atoms with Crippen LogP contribution in [0.4, 0.5) is 18.0 Å². The van der Waals surface area contributed by atoms with Crippen LogP contribution in [0.1, 0.15) is 51.6 Å².